The first-order valence-corrected chi connectivity index (χ1v) is 7.22. The summed E-state index contributed by atoms with van der Waals surface area (Å²) >= 11 is 0. The fourth-order valence-electron chi connectivity index (χ4n) is 2.34. The van der Waals surface area contributed by atoms with Gasteiger partial charge in [0.15, 0.2) is 0 Å². The quantitative estimate of drug-likeness (QED) is 0.929. The molecule has 1 aliphatic rings. The van der Waals surface area contributed by atoms with E-state index in [4.69, 9.17) is 9.15 Å². The number of hydrogen-bond acceptors (Lipinski definition) is 5. The smallest absolute Gasteiger partial charge is 0.318 e. The van der Waals surface area contributed by atoms with Crippen molar-refractivity contribution >= 4 is 6.03 Å². The predicted octanol–water partition coefficient (Wildman–Crippen LogP) is 1.51. The highest BCUT2D eigenvalue weighted by atomic mass is 16.5. The van der Waals surface area contributed by atoms with Gasteiger partial charge in [-0.25, -0.2) is 4.79 Å². The number of benzene rings is 1. The van der Waals surface area contributed by atoms with Crippen LogP contribution in [0.3, 0.4) is 0 Å². The monoisotopic (exact) mass is 302 g/mol. The van der Waals surface area contributed by atoms with Gasteiger partial charge in [-0.3, -0.25) is 0 Å². The van der Waals surface area contributed by atoms with Crippen LogP contribution in [0, 0.1) is 6.92 Å². The van der Waals surface area contributed by atoms with Crippen molar-refractivity contribution in [2.24, 2.45) is 0 Å². The number of ether oxygens (including phenoxy) is 1. The third kappa shape index (κ3) is 3.25. The van der Waals surface area contributed by atoms with Crippen molar-refractivity contribution in [1.82, 2.24) is 20.4 Å². The van der Waals surface area contributed by atoms with E-state index < -0.39 is 6.04 Å². The Labute approximate surface area is 128 Å². The lowest BCUT2D eigenvalue weighted by Gasteiger charge is -2.28. The van der Waals surface area contributed by atoms with Crippen molar-refractivity contribution in [2.75, 3.05) is 26.3 Å². The number of rotatable bonds is 3. The molecule has 2 heterocycles. The summed E-state index contributed by atoms with van der Waals surface area (Å²) in [6.45, 7) is 4.00. The van der Waals surface area contributed by atoms with Crippen LogP contribution in [0.25, 0.3) is 0 Å². The zero-order chi connectivity index (χ0) is 15.4. The van der Waals surface area contributed by atoms with Crippen LogP contribution >= 0.6 is 0 Å². The number of hydrogen-bond donors (Lipinski definition) is 1. The van der Waals surface area contributed by atoms with Crippen LogP contribution in [0.5, 0.6) is 0 Å². The molecule has 1 atom stereocenters. The molecule has 2 amide bonds. The van der Waals surface area contributed by atoms with Crippen molar-refractivity contribution in [3.8, 4) is 0 Å². The number of urea groups is 1. The van der Waals surface area contributed by atoms with Crippen LogP contribution in [0.15, 0.2) is 34.7 Å². The maximum atomic E-state index is 12.4. The molecule has 1 saturated heterocycles. The van der Waals surface area contributed by atoms with Crippen molar-refractivity contribution in [3.05, 3.63) is 47.7 Å². The zero-order valence-electron chi connectivity index (χ0n) is 12.4. The summed E-state index contributed by atoms with van der Waals surface area (Å²) in [5, 5.41) is 10.9. The predicted molar refractivity (Wildman–Crippen MR) is 78.2 cm³/mol. The van der Waals surface area contributed by atoms with E-state index in [1.54, 1.807) is 11.8 Å². The van der Waals surface area contributed by atoms with Crippen LogP contribution < -0.4 is 5.32 Å². The highest BCUT2D eigenvalue weighted by Crippen LogP contribution is 2.21. The summed E-state index contributed by atoms with van der Waals surface area (Å²) in [5.74, 6) is 0.849. The molecule has 7 nitrogen and oxygen atoms in total. The van der Waals surface area contributed by atoms with Gasteiger partial charge in [0.25, 0.3) is 0 Å². The zero-order valence-corrected chi connectivity index (χ0v) is 12.4. The SMILES string of the molecule is Cc1nnc(C(NC(=O)N2CCOCC2)c2ccccc2)o1. The minimum Gasteiger partial charge on any atom is -0.423 e. The number of nitrogens with zero attached hydrogens (tertiary/aromatic N) is 3. The van der Waals surface area contributed by atoms with Crippen molar-refractivity contribution in [2.45, 2.75) is 13.0 Å². The summed E-state index contributed by atoms with van der Waals surface area (Å²) in [5.41, 5.74) is 0.896. The van der Waals surface area contributed by atoms with E-state index >= 15 is 0 Å². The minimum atomic E-state index is -0.460. The maximum absolute atomic E-state index is 12.4. The molecule has 0 aliphatic carbocycles. The summed E-state index contributed by atoms with van der Waals surface area (Å²) in [6.07, 6.45) is 0. The molecule has 7 heteroatoms. The first kappa shape index (κ1) is 14.5. The highest BCUT2D eigenvalue weighted by molar-refractivity contribution is 5.75. The molecule has 1 fully saturated rings. The number of aryl methyl sites for hydroxylation is 1. The standard InChI is InChI=1S/C15H18N4O3/c1-11-17-18-14(22-11)13(12-5-3-2-4-6-12)16-15(20)19-7-9-21-10-8-19/h2-6,13H,7-10H2,1H3,(H,16,20). The van der Waals surface area contributed by atoms with E-state index in [-0.39, 0.29) is 6.03 Å². The van der Waals surface area contributed by atoms with E-state index in [0.29, 0.717) is 38.1 Å². The molecule has 116 valence electrons. The summed E-state index contributed by atoms with van der Waals surface area (Å²) in [4.78, 5) is 14.2. The third-order valence-electron chi connectivity index (χ3n) is 3.49. The lowest BCUT2D eigenvalue weighted by Crippen LogP contribution is -2.47. The fraction of sp³-hybridized carbons (Fsp3) is 0.400. The van der Waals surface area contributed by atoms with Crippen LogP contribution in [0.2, 0.25) is 0 Å². The Morgan fingerprint density at radius 3 is 2.59 bits per heavy atom. The van der Waals surface area contributed by atoms with Crippen molar-refractivity contribution in [1.29, 1.82) is 0 Å². The van der Waals surface area contributed by atoms with Gasteiger partial charge < -0.3 is 19.4 Å². The molecule has 0 spiro atoms. The van der Waals surface area contributed by atoms with Crippen molar-refractivity contribution in [3.63, 3.8) is 0 Å². The lowest BCUT2D eigenvalue weighted by atomic mass is 10.1. The Morgan fingerprint density at radius 2 is 1.95 bits per heavy atom. The Bertz CT molecular complexity index is 623. The molecular formula is C15H18N4O3. The molecule has 1 aromatic carbocycles. The number of carbonyl (C=O) groups excluding carboxylic acids is 1. The molecule has 0 radical (unpaired) electrons. The van der Waals surface area contributed by atoms with Crippen molar-refractivity contribution < 1.29 is 13.9 Å². The summed E-state index contributed by atoms with van der Waals surface area (Å²) in [7, 11) is 0. The molecule has 1 N–H and O–H groups in total. The Kier molecular flexibility index (Phi) is 4.34. The fourth-order valence-corrected chi connectivity index (χ4v) is 2.34. The maximum Gasteiger partial charge on any atom is 0.318 e. The van der Waals surface area contributed by atoms with Crippen LogP contribution in [0.1, 0.15) is 23.4 Å². The average molecular weight is 302 g/mol. The molecule has 0 saturated carbocycles. The first-order chi connectivity index (χ1) is 10.7. The van der Waals surface area contributed by atoms with E-state index in [1.165, 1.54) is 0 Å². The van der Waals surface area contributed by atoms with Crippen LogP contribution in [-0.4, -0.2) is 47.4 Å². The normalized spacial score (nSPS) is 16.3. The molecule has 0 bridgehead atoms. The second kappa shape index (κ2) is 6.57. The van der Waals surface area contributed by atoms with E-state index in [0.717, 1.165) is 5.56 Å². The van der Waals surface area contributed by atoms with Gasteiger partial charge in [-0.2, -0.15) is 0 Å². The number of aromatic nitrogens is 2. The van der Waals surface area contributed by atoms with Gasteiger partial charge >= 0.3 is 6.03 Å². The number of nitrogens with one attached hydrogen (secondary N) is 1. The van der Waals surface area contributed by atoms with E-state index in [2.05, 4.69) is 15.5 Å². The second-order valence-corrected chi connectivity index (χ2v) is 5.05. The summed E-state index contributed by atoms with van der Waals surface area (Å²) < 4.78 is 10.8. The number of amides is 2. The van der Waals surface area contributed by atoms with Gasteiger partial charge in [-0.15, -0.1) is 10.2 Å². The average Bonchev–Trinajstić information content (AvgIpc) is 3.00. The van der Waals surface area contributed by atoms with Gasteiger partial charge in [0.05, 0.1) is 13.2 Å². The van der Waals surface area contributed by atoms with Crippen LogP contribution in [0.4, 0.5) is 4.79 Å². The lowest BCUT2D eigenvalue weighted by molar-refractivity contribution is 0.0526. The van der Waals surface area contributed by atoms with Gasteiger partial charge in [0.2, 0.25) is 11.8 Å². The van der Waals surface area contributed by atoms with Gasteiger partial charge in [-0.1, -0.05) is 30.3 Å². The van der Waals surface area contributed by atoms with Gasteiger partial charge in [-0.05, 0) is 5.56 Å². The molecule has 3 rings (SSSR count). The molecular weight excluding hydrogens is 284 g/mol. The summed E-state index contributed by atoms with van der Waals surface area (Å²) in [6, 6.07) is 8.96. The largest absolute Gasteiger partial charge is 0.423 e. The molecule has 22 heavy (non-hydrogen) atoms. The van der Waals surface area contributed by atoms with Crippen LogP contribution in [-0.2, 0) is 4.74 Å². The van der Waals surface area contributed by atoms with Gasteiger partial charge in [0.1, 0.15) is 6.04 Å². The number of morpholine rings is 1. The Hall–Kier alpha value is -2.41. The topological polar surface area (TPSA) is 80.5 Å². The molecule has 1 unspecified atom stereocenters. The molecule has 1 aromatic heterocycles. The molecule has 1 aliphatic heterocycles. The van der Waals surface area contributed by atoms with E-state index in [9.17, 15) is 4.79 Å². The minimum absolute atomic E-state index is 0.159. The van der Waals surface area contributed by atoms with E-state index in [1.807, 2.05) is 30.3 Å². The Balaban J connectivity index is 1.81. The third-order valence-corrected chi connectivity index (χ3v) is 3.49. The first-order valence-electron chi connectivity index (χ1n) is 7.22. The number of carbonyl (C=O) groups is 1. The highest BCUT2D eigenvalue weighted by Gasteiger charge is 2.25. The Morgan fingerprint density at radius 1 is 1.23 bits per heavy atom. The second-order valence-electron chi connectivity index (χ2n) is 5.05. The molecule has 2 aromatic rings. The van der Waals surface area contributed by atoms with Gasteiger partial charge in [0, 0.05) is 20.0 Å².